The molecular formula is C15H17NO4. The number of carbonyl (C=O) groups is 2. The van der Waals surface area contributed by atoms with Crippen molar-refractivity contribution in [2.45, 2.75) is 25.7 Å². The van der Waals surface area contributed by atoms with Crippen LogP contribution in [0.4, 0.5) is 0 Å². The summed E-state index contributed by atoms with van der Waals surface area (Å²) >= 11 is 0. The Balaban J connectivity index is 1.54. The lowest BCUT2D eigenvalue weighted by molar-refractivity contribution is -0.134. The van der Waals surface area contributed by atoms with E-state index in [0.717, 1.165) is 17.1 Å². The molecule has 20 heavy (non-hydrogen) atoms. The molecule has 0 unspecified atom stereocenters. The van der Waals surface area contributed by atoms with E-state index in [-0.39, 0.29) is 18.5 Å². The lowest BCUT2D eigenvalue weighted by Crippen LogP contribution is -2.38. The van der Waals surface area contributed by atoms with Crippen molar-refractivity contribution in [1.29, 1.82) is 0 Å². The van der Waals surface area contributed by atoms with Crippen LogP contribution in [0.1, 0.15) is 24.8 Å². The standard InChI is InChI=1S/C15H17NO4/c17-12-5-7-16(8-6-12)15(18)4-2-11-1-3-13-14(9-11)20-10-19-13/h1,3,9H,2,4-8,10H2. The number of benzene rings is 1. The van der Waals surface area contributed by atoms with E-state index in [1.54, 1.807) is 4.90 Å². The van der Waals surface area contributed by atoms with Crippen LogP contribution < -0.4 is 9.47 Å². The van der Waals surface area contributed by atoms with Crippen molar-refractivity contribution in [2.24, 2.45) is 0 Å². The molecule has 0 N–H and O–H groups in total. The molecule has 3 rings (SSSR count). The Morgan fingerprint density at radius 1 is 1.15 bits per heavy atom. The number of hydrogen-bond donors (Lipinski definition) is 0. The largest absolute Gasteiger partial charge is 0.454 e. The van der Waals surface area contributed by atoms with Crippen molar-refractivity contribution in [2.75, 3.05) is 19.9 Å². The topological polar surface area (TPSA) is 55.8 Å². The van der Waals surface area contributed by atoms with E-state index in [4.69, 9.17) is 9.47 Å². The predicted octanol–water partition coefficient (Wildman–Crippen LogP) is 1.54. The van der Waals surface area contributed by atoms with Gasteiger partial charge in [0.2, 0.25) is 12.7 Å². The molecule has 2 aliphatic rings. The van der Waals surface area contributed by atoms with Gasteiger partial charge in [0.1, 0.15) is 5.78 Å². The van der Waals surface area contributed by atoms with Crippen molar-refractivity contribution in [3.8, 4) is 11.5 Å². The third-order valence-corrected chi connectivity index (χ3v) is 3.74. The monoisotopic (exact) mass is 275 g/mol. The van der Waals surface area contributed by atoms with Gasteiger partial charge in [-0.3, -0.25) is 9.59 Å². The number of likely N-dealkylation sites (tertiary alicyclic amines) is 1. The zero-order chi connectivity index (χ0) is 13.9. The van der Waals surface area contributed by atoms with Gasteiger partial charge in [0.25, 0.3) is 0 Å². The van der Waals surface area contributed by atoms with Crippen molar-refractivity contribution in [1.82, 2.24) is 4.90 Å². The normalized spacial score (nSPS) is 17.4. The molecular weight excluding hydrogens is 258 g/mol. The second-order valence-corrected chi connectivity index (χ2v) is 5.11. The van der Waals surface area contributed by atoms with Gasteiger partial charge in [-0.2, -0.15) is 0 Å². The van der Waals surface area contributed by atoms with Crippen LogP contribution >= 0.6 is 0 Å². The maximum Gasteiger partial charge on any atom is 0.231 e. The zero-order valence-electron chi connectivity index (χ0n) is 11.3. The van der Waals surface area contributed by atoms with Crippen LogP contribution in [-0.2, 0) is 16.0 Å². The Labute approximate surface area is 117 Å². The second-order valence-electron chi connectivity index (χ2n) is 5.11. The Kier molecular flexibility index (Phi) is 3.58. The summed E-state index contributed by atoms with van der Waals surface area (Å²) in [5.74, 6) is 1.88. The first kappa shape index (κ1) is 13.0. The molecule has 1 saturated heterocycles. The number of ether oxygens (including phenoxy) is 2. The molecule has 1 fully saturated rings. The van der Waals surface area contributed by atoms with Gasteiger partial charge in [0, 0.05) is 32.4 Å². The molecule has 0 atom stereocenters. The average Bonchev–Trinajstić information content (AvgIpc) is 2.93. The van der Waals surface area contributed by atoms with Gasteiger partial charge < -0.3 is 14.4 Å². The maximum atomic E-state index is 12.1. The molecule has 1 amide bonds. The van der Waals surface area contributed by atoms with Gasteiger partial charge in [-0.15, -0.1) is 0 Å². The van der Waals surface area contributed by atoms with Gasteiger partial charge in [0.05, 0.1) is 0 Å². The lowest BCUT2D eigenvalue weighted by atomic mass is 10.1. The molecule has 2 heterocycles. The number of nitrogens with zero attached hydrogens (tertiary/aromatic N) is 1. The first-order chi connectivity index (χ1) is 9.72. The van der Waals surface area contributed by atoms with Crippen LogP contribution in [0.2, 0.25) is 0 Å². The molecule has 0 saturated carbocycles. The first-order valence-electron chi connectivity index (χ1n) is 6.90. The predicted molar refractivity (Wildman–Crippen MR) is 71.7 cm³/mol. The summed E-state index contributed by atoms with van der Waals surface area (Å²) in [6.07, 6.45) is 2.14. The third-order valence-electron chi connectivity index (χ3n) is 3.74. The molecule has 1 aromatic carbocycles. The highest BCUT2D eigenvalue weighted by Crippen LogP contribution is 2.32. The maximum absolute atomic E-state index is 12.1. The van der Waals surface area contributed by atoms with Crippen molar-refractivity contribution >= 4 is 11.7 Å². The molecule has 106 valence electrons. The fourth-order valence-electron chi connectivity index (χ4n) is 2.51. The van der Waals surface area contributed by atoms with Crippen molar-refractivity contribution in [3.63, 3.8) is 0 Å². The van der Waals surface area contributed by atoms with Crippen LogP contribution in [0.5, 0.6) is 11.5 Å². The molecule has 0 spiro atoms. The van der Waals surface area contributed by atoms with Gasteiger partial charge in [-0.05, 0) is 24.1 Å². The number of fused-ring (bicyclic) bond motifs is 1. The number of ketones is 1. The van der Waals surface area contributed by atoms with Gasteiger partial charge in [-0.1, -0.05) is 6.07 Å². The second kappa shape index (κ2) is 5.53. The number of amides is 1. The molecule has 0 aromatic heterocycles. The minimum Gasteiger partial charge on any atom is -0.454 e. The highest BCUT2D eigenvalue weighted by Gasteiger charge is 2.20. The SMILES string of the molecule is O=C1CCN(C(=O)CCc2ccc3c(c2)OCO3)CC1. The van der Waals surface area contributed by atoms with Crippen molar-refractivity contribution in [3.05, 3.63) is 23.8 Å². The molecule has 2 aliphatic heterocycles. The van der Waals surface area contributed by atoms with Crippen LogP contribution in [0, 0.1) is 0 Å². The Morgan fingerprint density at radius 2 is 1.90 bits per heavy atom. The number of carbonyl (C=O) groups excluding carboxylic acids is 2. The minimum atomic E-state index is 0.121. The summed E-state index contributed by atoms with van der Waals surface area (Å²) in [6.45, 7) is 1.40. The van der Waals surface area contributed by atoms with Gasteiger partial charge in [-0.25, -0.2) is 0 Å². The first-order valence-corrected chi connectivity index (χ1v) is 6.90. The van der Waals surface area contributed by atoms with Crippen LogP contribution in [0.25, 0.3) is 0 Å². The summed E-state index contributed by atoms with van der Waals surface area (Å²) in [4.78, 5) is 25.0. The minimum absolute atomic E-state index is 0.121. The van der Waals surface area contributed by atoms with E-state index in [1.807, 2.05) is 18.2 Å². The summed E-state index contributed by atoms with van der Waals surface area (Å²) in [5, 5.41) is 0. The van der Waals surface area contributed by atoms with Gasteiger partial charge >= 0.3 is 0 Å². The molecule has 1 aromatic rings. The van der Waals surface area contributed by atoms with E-state index in [1.165, 1.54) is 0 Å². The highest BCUT2D eigenvalue weighted by atomic mass is 16.7. The number of Topliss-reactive ketones (excluding diaryl/α,β-unsaturated/α-hetero) is 1. The smallest absolute Gasteiger partial charge is 0.231 e. The average molecular weight is 275 g/mol. The molecule has 0 bridgehead atoms. The fraction of sp³-hybridized carbons (Fsp3) is 0.467. The van der Waals surface area contributed by atoms with Crippen LogP contribution in [0.3, 0.4) is 0 Å². The van der Waals surface area contributed by atoms with E-state index in [2.05, 4.69) is 0 Å². The Morgan fingerprint density at radius 3 is 2.70 bits per heavy atom. The molecule has 5 nitrogen and oxygen atoms in total. The highest BCUT2D eigenvalue weighted by molar-refractivity contribution is 5.83. The zero-order valence-corrected chi connectivity index (χ0v) is 11.3. The summed E-state index contributed by atoms with van der Waals surface area (Å²) in [6, 6.07) is 5.76. The van der Waals surface area contributed by atoms with Crippen LogP contribution in [0.15, 0.2) is 18.2 Å². The number of piperidine rings is 1. The quantitative estimate of drug-likeness (QED) is 0.839. The third kappa shape index (κ3) is 2.76. The summed E-state index contributed by atoms with van der Waals surface area (Å²) in [5.41, 5.74) is 1.07. The molecule has 0 aliphatic carbocycles. The van der Waals surface area contributed by atoms with E-state index < -0.39 is 0 Å². The number of hydrogen-bond acceptors (Lipinski definition) is 4. The molecule has 5 heteroatoms. The van der Waals surface area contributed by atoms with E-state index in [0.29, 0.717) is 38.8 Å². The van der Waals surface area contributed by atoms with E-state index >= 15 is 0 Å². The number of rotatable bonds is 3. The van der Waals surface area contributed by atoms with Crippen LogP contribution in [-0.4, -0.2) is 36.5 Å². The number of aryl methyl sites for hydroxylation is 1. The van der Waals surface area contributed by atoms with Crippen molar-refractivity contribution < 1.29 is 19.1 Å². The Bertz CT molecular complexity index is 531. The summed E-state index contributed by atoms with van der Waals surface area (Å²) < 4.78 is 10.6. The molecule has 0 radical (unpaired) electrons. The van der Waals surface area contributed by atoms with Gasteiger partial charge in [0.15, 0.2) is 11.5 Å². The summed E-state index contributed by atoms with van der Waals surface area (Å²) in [7, 11) is 0. The van der Waals surface area contributed by atoms with E-state index in [9.17, 15) is 9.59 Å². The lowest BCUT2D eigenvalue weighted by Gasteiger charge is -2.26. The Hall–Kier alpha value is -2.04. The fourth-order valence-corrected chi connectivity index (χ4v) is 2.51.